The fourth-order valence-electron chi connectivity index (χ4n) is 3.49. The number of H-pyrrole nitrogens is 1. The van der Waals surface area contributed by atoms with E-state index in [9.17, 15) is 4.79 Å². The second-order valence-electron chi connectivity index (χ2n) is 5.27. The summed E-state index contributed by atoms with van der Waals surface area (Å²) in [5, 5.41) is 9.13. The number of carboxylic acid groups (broad SMARTS) is 1. The fraction of sp³-hybridized carbons (Fsp3) is 0.462. The Labute approximate surface area is 103 Å². The van der Waals surface area contributed by atoms with E-state index in [-0.39, 0.29) is 5.56 Å². The fourth-order valence-corrected chi connectivity index (χ4v) is 3.49. The molecule has 2 aromatic rings. The van der Waals surface area contributed by atoms with Crippen molar-refractivity contribution in [3.8, 4) is 0 Å². The van der Waals surface area contributed by atoms with E-state index in [1.807, 2.05) is 0 Å². The van der Waals surface area contributed by atoms with Gasteiger partial charge in [-0.3, -0.25) is 0 Å². The minimum atomic E-state index is -0.936. The summed E-state index contributed by atoms with van der Waals surface area (Å²) in [4.78, 5) is 22.9. The summed E-state index contributed by atoms with van der Waals surface area (Å²) in [6.45, 7) is 0. The third kappa shape index (κ3) is 1.24. The molecule has 5 heteroatoms. The standard InChI is InChI=1S/C13H13N3O2/c17-13(18)8-4-5-14-12-10(8)15-11(16-12)9-6-2-1-3-7(6)9/h4-7,9H,1-3H2,(H,17,18)(H,14,15,16). The molecule has 2 heterocycles. The van der Waals surface area contributed by atoms with Crippen LogP contribution in [0.4, 0.5) is 0 Å². The number of aromatic amines is 1. The average Bonchev–Trinajstić information content (AvgIpc) is 2.78. The molecule has 2 atom stereocenters. The lowest BCUT2D eigenvalue weighted by atomic mass is 10.1. The number of rotatable bonds is 2. The first-order chi connectivity index (χ1) is 8.75. The van der Waals surface area contributed by atoms with E-state index in [0.29, 0.717) is 17.1 Å². The Kier molecular flexibility index (Phi) is 1.85. The molecule has 2 N–H and O–H groups in total. The van der Waals surface area contributed by atoms with Crippen molar-refractivity contribution in [2.24, 2.45) is 11.8 Å². The van der Waals surface area contributed by atoms with Gasteiger partial charge in [0.25, 0.3) is 0 Å². The van der Waals surface area contributed by atoms with Gasteiger partial charge in [0.15, 0.2) is 5.65 Å². The molecule has 0 aliphatic heterocycles. The summed E-state index contributed by atoms with van der Waals surface area (Å²) in [5.74, 6) is 2.03. The normalized spacial score (nSPS) is 29.4. The van der Waals surface area contributed by atoms with Crippen LogP contribution in [0.15, 0.2) is 12.3 Å². The number of hydrogen-bond acceptors (Lipinski definition) is 3. The Bertz CT molecular complexity index is 639. The largest absolute Gasteiger partial charge is 0.478 e. The SMILES string of the molecule is O=C(O)c1ccnc2nc(C3C4CCCC43)[nH]c12. The van der Waals surface area contributed by atoms with Crippen LogP contribution in [0.25, 0.3) is 11.2 Å². The molecule has 18 heavy (non-hydrogen) atoms. The number of carboxylic acids is 1. The third-order valence-electron chi connectivity index (χ3n) is 4.36. The molecular weight excluding hydrogens is 230 g/mol. The number of aromatic carboxylic acids is 1. The average molecular weight is 243 g/mol. The van der Waals surface area contributed by atoms with E-state index >= 15 is 0 Å². The van der Waals surface area contributed by atoms with Crippen molar-refractivity contribution in [2.75, 3.05) is 0 Å². The van der Waals surface area contributed by atoms with Gasteiger partial charge in [-0.25, -0.2) is 14.8 Å². The van der Waals surface area contributed by atoms with Crippen molar-refractivity contribution in [1.82, 2.24) is 15.0 Å². The van der Waals surface area contributed by atoms with Gasteiger partial charge in [0.2, 0.25) is 0 Å². The highest BCUT2D eigenvalue weighted by atomic mass is 16.4. The molecule has 2 unspecified atom stereocenters. The number of carbonyl (C=O) groups is 1. The van der Waals surface area contributed by atoms with E-state index in [0.717, 1.165) is 17.7 Å². The Morgan fingerprint density at radius 3 is 2.89 bits per heavy atom. The summed E-state index contributed by atoms with van der Waals surface area (Å²) in [6.07, 6.45) is 5.39. The van der Waals surface area contributed by atoms with E-state index in [2.05, 4.69) is 15.0 Å². The lowest BCUT2D eigenvalue weighted by molar-refractivity contribution is 0.0698. The van der Waals surface area contributed by atoms with Crippen molar-refractivity contribution >= 4 is 17.1 Å². The number of hydrogen-bond donors (Lipinski definition) is 2. The lowest BCUT2D eigenvalue weighted by Gasteiger charge is -1.97. The number of pyridine rings is 1. The van der Waals surface area contributed by atoms with Crippen LogP contribution in [0.5, 0.6) is 0 Å². The van der Waals surface area contributed by atoms with E-state index in [4.69, 9.17) is 5.11 Å². The topological polar surface area (TPSA) is 78.9 Å². The van der Waals surface area contributed by atoms with Gasteiger partial charge < -0.3 is 10.1 Å². The Morgan fingerprint density at radius 2 is 2.17 bits per heavy atom. The van der Waals surface area contributed by atoms with Crippen molar-refractivity contribution in [1.29, 1.82) is 0 Å². The van der Waals surface area contributed by atoms with Crippen LogP contribution in [-0.4, -0.2) is 26.0 Å². The molecule has 2 aromatic heterocycles. The maximum Gasteiger partial charge on any atom is 0.338 e. The van der Waals surface area contributed by atoms with Gasteiger partial charge in [0, 0.05) is 12.1 Å². The zero-order chi connectivity index (χ0) is 12.3. The van der Waals surface area contributed by atoms with Gasteiger partial charge in [0.1, 0.15) is 5.82 Å². The molecule has 5 nitrogen and oxygen atoms in total. The second kappa shape index (κ2) is 3.31. The van der Waals surface area contributed by atoms with E-state index in [1.54, 1.807) is 0 Å². The number of fused-ring (bicyclic) bond motifs is 2. The molecule has 2 saturated carbocycles. The van der Waals surface area contributed by atoms with Crippen molar-refractivity contribution in [2.45, 2.75) is 25.2 Å². The smallest absolute Gasteiger partial charge is 0.338 e. The first-order valence-electron chi connectivity index (χ1n) is 6.33. The van der Waals surface area contributed by atoms with Crippen LogP contribution in [0, 0.1) is 11.8 Å². The van der Waals surface area contributed by atoms with Gasteiger partial charge in [0.05, 0.1) is 11.1 Å². The number of imidazole rings is 1. The molecule has 0 amide bonds. The molecular formula is C13H13N3O2. The molecule has 0 bridgehead atoms. The molecule has 2 fully saturated rings. The van der Waals surface area contributed by atoms with Crippen molar-refractivity contribution in [3.05, 3.63) is 23.7 Å². The Morgan fingerprint density at radius 1 is 1.39 bits per heavy atom. The molecule has 92 valence electrons. The van der Waals surface area contributed by atoms with Gasteiger partial charge >= 0.3 is 5.97 Å². The summed E-state index contributed by atoms with van der Waals surface area (Å²) in [6, 6.07) is 1.51. The monoisotopic (exact) mass is 243 g/mol. The summed E-state index contributed by atoms with van der Waals surface area (Å²) in [5.41, 5.74) is 1.34. The number of aromatic nitrogens is 3. The number of nitrogens with zero attached hydrogens (tertiary/aromatic N) is 2. The van der Waals surface area contributed by atoms with Crippen LogP contribution in [0.1, 0.15) is 41.4 Å². The van der Waals surface area contributed by atoms with Crippen LogP contribution in [0.3, 0.4) is 0 Å². The van der Waals surface area contributed by atoms with Gasteiger partial charge in [-0.15, -0.1) is 0 Å². The zero-order valence-corrected chi connectivity index (χ0v) is 9.76. The number of nitrogens with one attached hydrogen (secondary N) is 1. The highest BCUT2D eigenvalue weighted by Gasteiger charge is 2.54. The molecule has 4 rings (SSSR count). The maximum atomic E-state index is 11.1. The van der Waals surface area contributed by atoms with Crippen LogP contribution in [-0.2, 0) is 0 Å². The highest BCUT2D eigenvalue weighted by molar-refractivity contribution is 5.99. The molecule has 0 radical (unpaired) electrons. The van der Waals surface area contributed by atoms with E-state index < -0.39 is 5.97 Å². The predicted molar refractivity (Wildman–Crippen MR) is 64.4 cm³/mol. The highest BCUT2D eigenvalue weighted by Crippen LogP contribution is 2.62. The van der Waals surface area contributed by atoms with Gasteiger partial charge in [-0.2, -0.15) is 0 Å². The van der Waals surface area contributed by atoms with Gasteiger partial charge in [-0.05, 0) is 30.7 Å². The first kappa shape index (κ1) is 10.1. The summed E-state index contributed by atoms with van der Waals surface area (Å²) < 4.78 is 0. The first-order valence-corrected chi connectivity index (χ1v) is 6.33. The predicted octanol–water partition coefficient (Wildman–Crippen LogP) is 2.17. The maximum absolute atomic E-state index is 11.1. The molecule has 0 aromatic carbocycles. The Balaban J connectivity index is 1.80. The quantitative estimate of drug-likeness (QED) is 0.847. The summed E-state index contributed by atoms with van der Waals surface area (Å²) in [7, 11) is 0. The van der Waals surface area contributed by atoms with Gasteiger partial charge in [-0.1, -0.05) is 6.42 Å². The molecule has 0 spiro atoms. The minimum absolute atomic E-state index is 0.254. The third-order valence-corrected chi connectivity index (χ3v) is 4.36. The second-order valence-corrected chi connectivity index (χ2v) is 5.27. The van der Waals surface area contributed by atoms with Crippen molar-refractivity contribution in [3.63, 3.8) is 0 Å². The van der Waals surface area contributed by atoms with Crippen LogP contribution in [0.2, 0.25) is 0 Å². The van der Waals surface area contributed by atoms with Crippen LogP contribution < -0.4 is 0 Å². The zero-order valence-electron chi connectivity index (χ0n) is 9.76. The van der Waals surface area contributed by atoms with Crippen molar-refractivity contribution < 1.29 is 9.90 Å². The molecule has 0 saturated heterocycles. The Hall–Kier alpha value is -1.91. The minimum Gasteiger partial charge on any atom is -0.478 e. The lowest BCUT2D eigenvalue weighted by Crippen LogP contribution is -1.97. The summed E-state index contributed by atoms with van der Waals surface area (Å²) >= 11 is 0. The molecule has 2 aliphatic carbocycles. The van der Waals surface area contributed by atoms with E-state index in [1.165, 1.54) is 31.5 Å². The molecule has 2 aliphatic rings. The van der Waals surface area contributed by atoms with Crippen LogP contribution >= 0.6 is 0 Å².